The first-order valence-corrected chi connectivity index (χ1v) is 6.76. The Morgan fingerprint density at radius 2 is 2.26 bits per heavy atom. The van der Waals surface area contributed by atoms with Gasteiger partial charge in [-0.25, -0.2) is 4.39 Å². The van der Waals surface area contributed by atoms with E-state index in [9.17, 15) is 9.18 Å². The van der Waals surface area contributed by atoms with E-state index in [-0.39, 0.29) is 24.1 Å². The number of halogens is 2. The minimum Gasteiger partial charge on any atom is -0.396 e. The lowest BCUT2D eigenvalue weighted by molar-refractivity contribution is 0.0746. The number of carbonyl (C=O) groups excluding carboxylic acids is 1. The van der Waals surface area contributed by atoms with Gasteiger partial charge in [-0.15, -0.1) is 0 Å². The summed E-state index contributed by atoms with van der Waals surface area (Å²) in [6, 6.07) is 4.75. The van der Waals surface area contributed by atoms with E-state index in [4.69, 9.17) is 11.0 Å². The van der Waals surface area contributed by atoms with Gasteiger partial charge in [0.15, 0.2) is 0 Å². The van der Waals surface area contributed by atoms with E-state index in [1.54, 1.807) is 4.90 Å². The number of nitrogen functional groups attached to an aromatic ring is 1. The summed E-state index contributed by atoms with van der Waals surface area (Å²) < 4.78 is 13.7. The molecule has 1 aromatic rings. The van der Waals surface area contributed by atoms with Gasteiger partial charge in [-0.1, -0.05) is 0 Å². The number of amides is 1. The maximum absolute atomic E-state index is 13.3. The Labute approximate surface area is 119 Å². The predicted octanol–water partition coefficient (Wildman–Crippen LogP) is 2.69. The van der Waals surface area contributed by atoms with Crippen LogP contribution in [0.4, 0.5) is 10.1 Å². The van der Waals surface area contributed by atoms with Crippen LogP contribution in [0.5, 0.6) is 0 Å². The lowest BCUT2D eigenvalue weighted by Gasteiger charge is -2.22. The van der Waals surface area contributed by atoms with Gasteiger partial charge in [-0.05, 0) is 40.9 Å². The summed E-state index contributed by atoms with van der Waals surface area (Å²) in [6.07, 6.45) is 2.19. The molecule has 0 unspecified atom stereocenters. The van der Waals surface area contributed by atoms with E-state index in [1.807, 2.05) is 6.07 Å². The smallest absolute Gasteiger partial charge is 0.255 e. The monoisotopic (exact) mass is 325 g/mol. The van der Waals surface area contributed by atoms with Crippen molar-refractivity contribution in [2.24, 2.45) is 0 Å². The van der Waals surface area contributed by atoms with Crippen molar-refractivity contribution in [1.29, 1.82) is 5.26 Å². The van der Waals surface area contributed by atoms with E-state index < -0.39 is 5.82 Å². The molecule has 0 spiro atoms. The van der Waals surface area contributed by atoms with Crippen LogP contribution >= 0.6 is 15.9 Å². The molecular formula is C13H13BrFN3O. The molecule has 19 heavy (non-hydrogen) atoms. The highest BCUT2D eigenvalue weighted by molar-refractivity contribution is 9.10. The fraction of sp³-hybridized carbons (Fsp3) is 0.385. The third-order valence-corrected chi connectivity index (χ3v) is 3.69. The van der Waals surface area contributed by atoms with Gasteiger partial charge in [0.25, 0.3) is 5.91 Å². The lowest BCUT2D eigenvalue weighted by Crippen LogP contribution is -2.34. The number of anilines is 1. The van der Waals surface area contributed by atoms with E-state index in [1.165, 1.54) is 12.1 Å². The number of rotatable bonds is 4. The van der Waals surface area contributed by atoms with Crippen LogP contribution in [0.1, 0.15) is 29.6 Å². The Balaban J connectivity index is 2.26. The molecule has 6 heteroatoms. The van der Waals surface area contributed by atoms with Crippen molar-refractivity contribution in [1.82, 2.24) is 4.90 Å². The van der Waals surface area contributed by atoms with Crippen LogP contribution < -0.4 is 5.73 Å². The van der Waals surface area contributed by atoms with E-state index in [0.29, 0.717) is 16.6 Å². The molecule has 4 nitrogen and oxygen atoms in total. The molecule has 1 fully saturated rings. The molecule has 0 heterocycles. The van der Waals surface area contributed by atoms with Gasteiger partial charge >= 0.3 is 0 Å². The molecule has 2 N–H and O–H groups in total. The van der Waals surface area contributed by atoms with Crippen molar-refractivity contribution in [2.45, 2.75) is 25.3 Å². The topological polar surface area (TPSA) is 70.1 Å². The molecule has 1 aliphatic carbocycles. The summed E-state index contributed by atoms with van der Waals surface area (Å²) in [5, 5.41) is 8.64. The second-order valence-electron chi connectivity index (χ2n) is 4.49. The van der Waals surface area contributed by atoms with Crippen molar-refractivity contribution in [3.05, 3.63) is 28.0 Å². The number of hydrogen-bond donors (Lipinski definition) is 1. The molecule has 1 amide bonds. The Morgan fingerprint density at radius 1 is 1.58 bits per heavy atom. The Morgan fingerprint density at radius 3 is 2.84 bits per heavy atom. The summed E-state index contributed by atoms with van der Waals surface area (Å²) in [4.78, 5) is 14.1. The Bertz CT molecular complexity index is 552. The minimum absolute atomic E-state index is 0.0532. The van der Waals surface area contributed by atoms with Gasteiger partial charge in [0, 0.05) is 17.1 Å². The Kier molecular flexibility index (Phi) is 4.05. The molecule has 0 aromatic heterocycles. The molecule has 1 saturated carbocycles. The zero-order valence-corrected chi connectivity index (χ0v) is 11.8. The predicted molar refractivity (Wildman–Crippen MR) is 72.8 cm³/mol. The van der Waals surface area contributed by atoms with Crippen molar-refractivity contribution in [3.63, 3.8) is 0 Å². The van der Waals surface area contributed by atoms with Gasteiger partial charge in [-0.3, -0.25) is 4.79 Å². The van der Waals surface area contributed by atoms with Crippen LogP contribution in [0.2, 0.25) is 0 Å². The SMILES string of the molecule is N#CCCN(C(=O)c1cc(N)c(F)cc1Br)C1CC1. The van der Waals surface area contributed by atoms with Crippen molar-refractivity contribution < 1.29 is 9.18 Å². The number of nitrogens with two attached hydrogens (primary N) is 1. The summed E-state index contributed by atoms with van der Waals surface area (Å²) in [6.45, 7) is 0.393. The molecule has 0 bridgehead atoms. The van der Waals surface area contributed by atoms with Crippen molar-refractivity contribution in [2.75, 3.05) is 12.3 Å². The zero-order valence-electron chi connectivity index (χ0n) is 10.2. The van der Waals surface area contributed by atoms with E-state index in [0.717, 1.165) is 12.8 Å². The summed E-state index contributed by atoms with van der Waals surface area (Å²) in [5.74, 6) is -0.769. The highest BCUT2D eigenvalue weighted by Gasteiger charge is 2.33. The lowest BCUT2D eigenvalue weighted by atomic mass is 10.1. The number of benzene rings is 1. The average Bonchev–Trinajstić information content (AvgIpc) is 3.18. The van der Waals surface area contributed by atoms with Crippen LogP contribution in [-0.2, 0) is 0 Å². The molecule has 0 aliphatic heterocycles. The second-order valence-corrected chi connectivity index (χ2v) is 5.35. The van der Waals surface area contributed by atoms with Gasteiger partial charge in [0.05, 0.1) is 23.7 Å². The molecule has 100 valence electrons. The van der Waals surface area contributed by atoms with Crippen molar-refractivity contribution in [3.8, 4) is 6.07 Å². The fourth-order valence-corrected chi connectivity index (χ4v) is 2.38. The van der Waals surface area contributed by atoms with Gasteiger partial charge in [0.2, 0.25) is 0 Å². The number of hydrogen-bond acceptors (Lipinski definition) is 3. The quantitative estimate of drug-likeness (QED) is 0.865. The first-order valence-electron chi connectivity index (χ1n) is 5.97. The van der Waals surface area contributed by atoms with E-state index in [2.05, 4.69) is 15.9 Å². The number of nitrogens with zero attached hydrogens (tertiary/aromatic N) is 2. The van der Waals surface area contributed by atoms with Crippen LogP contribution in [0.25, 0.3) is 0 Å². The third-order valence-electron chi connectivity index (χ3n) is 3.03. The van der Waals surface area contributed by atoms with Crippen LogP contribution in [0.3, 0.4) is 0 Å². The van der Waals surface area contributed by atoms with Crippen LogP contribution in [0.15, 0.2) is 16.6 Å². The molecular weight excluding hydrogens is 313 g/mol. The fourth-order valence-electron chi connectivity index (χ4n) is 1.89. The van der Waals surface area contributed by atoms with Crippen molar-refractivity contribution >= 4 is 27.5 Å². The average molecular weight is 326 g/mol. The molecule has 1 aromatic carbocycles. The third kappa shape index (κ3) is 3.04. The highest BCUT2D eigenvalue weighted by Crippen LogP contribution is 2.31. The zero-order chi connectivity index (χ0) is 14.0. The first-order chi connectivity index (χ1) is 9.04. The summed E-state index contributed by atoms with van der Waals surface area (Å²) in [5.41, 5.74) is 5.78. The molecule has 1 aliphatic rings. The van der Waals surface area contributed by atoms with Gasteiger partial charge < -0.3 is 10.6 Å². The van der Waals surface area contributed by atoms with Gasteiger partial charge in [-0.2, -0.15) is 5.26 Å². The molecule has 0 atom stereocenters. The maximum Gasteiger partial charge on any atom is 0.255 e. The maximum atomic E-state index is 13.3. The standard InChI is InChI=1S/C13H13BrFN3O/c14-10-7-11(15)12(17)6-9(10)13(19)18(5-1-4-16)8-2-3-8/h6-8H,1-3,5,17H2. The molecule has 0 radical (unpaired) electrons. The summed E-state index contributed by atoms with van der Waals surface area (Å²) >= 11 is 3.18. The molecule has 2 rings (SSSR count). The second kappa shape index (κ2) is 5.57. The Hall–Kier alpha value is -1.61. The first kappa shape index (κ1) is 13.8. The van der Waals surface area contributed by atoms with Crippen LogP contribution in [0, 0.1) is 17.1 Å². The highest BCUT2D eigenvalue weighted by atomic mass is 79.9. The summed E-state index contributed by atoms with van der Waals surface area (Å²) in [7, 11) is 0. The minimum atomic E-state index is -0.557. The molecule has 0 saturated heterocycles. The number of nitriles is 1. The number of carbonyl (C=O) groups is 1. The largest absolute Gasteiger partial charge is 0.396 e. The van der Waals surface area contributed by atoms with E-state index >= 15 is 0 Å². The van der Waals surface area contributed by atoms with Gasteiger partial charge in [0.1, 0.15) is 5.82 Å². The normalized spacial score (nSPS) is 13.9. The van der Waals surface area contributed by atoms with Crippen LogP contribution in [-0.4, -0.2) is 23.4 Å².